The molecule has 0 aliphatic carbocycles. The van der Waals surface area contributed by atoms with Crippen molar-refractivity contribution in [2.45, 2.75) is 116 Å². The first-order valence-corrected chi connectivity index (χ1v) is 21.0. The van der Waals surface area contributed by atoms with Gasteiger partial charge < -0.3 is 50.5 Å². The molecular formula is C44H62N8O11. The maximum atomic E-state index is 14.6. The van der Waals surface area contributed by atoms with Gasteiger partial charge >= 0.3 is 5.97 Å². The summed E-state index contributed by atoms with van der Waals surface area (Å²) in [6.45, 7) is 13.1. The molecule has 2 aromatic rings. The van der Waals surface area contributed by atoms with Crippen molar-refractivity contribution in [2.24, 2.45) is 17.8 Å². The van der Waals surface area contributed by atoms with Crippen molar-refractivity contribution in [3.8, 4) is 5.75 Å². The van der Waals surface area contributed by atoms with Gasteiger partial charge in [-0.15, -0.1) is 0 Å². The molecule has 2 aliphatic rings. The molecule has 5 N–H and O–H groups in total. The van der Waals surface area contributed by atoms with E-state index in [1.165, 1.54) is 77.3 Å². The second-order valence-electron chi connectivity index (χ2n) is 17.7. The van der Waals surface area contributed by atoms with Crippen molar-refractivity contribution in [3.05, 3.63) is 59.9 Å². The number of hydrogen-bond donors (Lipinski definition) is 5. The van der Waals surface area contributed by atoms with Gasteiger partial charge in [-0.05, 0) is 62.6 Å². The lowest BCUT2D eigenvalue weighted by Crippen LogP contribution is -2.64. The van der Waals surface area contributed by atoms with Crippen LogP contribution in [0.25, 0.3) is 0 Å². The smallest absolute Gasteiger partial charge is 0.335 e. The Balaban J connectivity index is 1.91. The zero-order valence-corrected chi connectivity index (χ0v) is 37.8. The quantitative estimate of drug-likeness (QED) is 0.244. The Labute approximate surface area is 367 Å². The number of cyclic esters (lactones) is 1. The van der Waals surface area contributed by atoms with Crippen LogP contribution in [0.1, 0.15) is 90.3 Å². The van der Waals surface area contributed by atoms with Gasteiger partial charge in [0, 0.05) is 40.3 Å². The highest BCUT2D eigenvalue weighted by Gasteiger charge is 2.49. The van der Waals surface area contributed by atoms with Crippen molar-refractivity contribution in [1.82, 2.24) is 40.5 Å². The fraction of sp³-hybridized carbons (Fsp3) is 0.568. The number of aromatic hydroxyl groups is 1. The SMILES string of the molecule is CC(C)C[C@@H]1NC(=O)[C@H](NC(=O)c2ncccc2O)OC(=O)[C@@H](c2ccccc2)N(C)C(=O)[C@@H](C)NC(=O)[C@@H]([C@@H](C)C(C)C)N(C)C(=O)C(C)(C)N(C)C(=O)[C@@H]2C[C@H](O)CN2C1=O. The van der Waals surface area contributed by atoms with Crippen molar-refractivity contribution in [2.75, 3.05) is 27.7 Å². The van der Waals surface area contributed by atoms with Gasteiger partial charge in [0.25, 0.3) is 18.0 Å². The fourth-order valence-corrected chi connectivity index (χ4v) is 7.80. The van der Waals surface area contributed by atoms with E-state index in [-0.39, 0.29) is 36.8 Å². The summed E-state index contributed by atoms with van der Waals surface area (Å²) >= 11 is 0. The average Bonchev–Trinajstić information content (AvgIpc) is 3.62. The number of benzene rings is 1. The van der Waals surface area contributed by atoms with E-state index in [1.807, 2.05) is 13.8 Å². The lowest BCUT2D eigenvalue weighted by molar-refractivity contribution is -0.165. The monoisotopic (exact) mass is 878 g/mol. The molecule has 19 nitrogen and oxygen atoms in total. The van der Waals surface area contributed by atoms with Crippen molar-refractivity contribution in [1.29, 1.82) is 0 Å². The van der Waals surface area contributed by atoms with Crippen LogP contribution in [0.3, 0.4) is 0 Å². The number of aromatic nitrogens is 1. The molecule has 4 rings (SSSR count). The Morgan fingerprint density at radius 1 is 0.889 bits per heavy atom. The fourth-order valence-electron chi connectivity index (χ4n) is 7.80. The summed E-state index contributed by atoms with van der Waals surface area (Å²) in [6, 6.07) is 3.70. The Morgan fingerprint density at radius 2 is 1.52 bits per heavy atom. The van der Waals surface area contributed by atoms with Crippen LogP contribution in [0.5, 0.6) is 5.75 Å². The molecule has 1 aromatic carbocycles. The van der Waals surface area contributed by atoms with Gasteiger partial charge in [0.2, 0.25) is 29.5 Å². The number of fused-ring (bicyclic) bond motifs is 1. The molecule has 0 radical (unpaired) electrons. The van der Waals surface area contributed by atoms with Crippen LogP contribution in [-0.4, -0.2) is 152 Å². The third kappa shape index (κ3) is 11.1. The molecule has 1 aromatic heterocycles. The van der Waals surface area contributed by atoms with Gasteiger partial charge in [0.1, 0.15) is 35.5 Å². The molecule has 63 heavy (non-hydrogen) atoms. The van der Waals surface area contributed by atoms with Crippen LogP contribution in [0, 0.1) is 17.8 Å². The summed E-state index contributed by atoms with van der Waals surface area (Å²) in [5, 5.41) is 28.8. The number of hydrogen-bond acceptors (Lipinski definition) is 12. The topological polar surface area (TPSA) is 248 Å². The molecular weight excluding hydrogens is 817 g/mol. The summed E-state index contributed by atoms with van der Waals surface area (Å²) in [5.74, 6) is -8.58. The molecule has 8 atom stereocenters. The van der Waals surface area contributed by atoms with E-state index < -0.39 is 113 Å². The second-order valence-corrected chi connectivity index (χ2v) is 17.7. The van der Waals surface area contributed by atoms with Crippen molar-refractivity contribution < 1.29 is 53.3 Å². The molecule has 0 saturated carbocycles. The van der Waals surface area contributed by atoms with Crippen LogP contribution in [0.15, 0.2) is 48.7 Å². The standard InChI is InChI=1S/C44H62N8O11/c1-23(2)20-29-40(59)52-22-28(53)21-30(52)41(60)51(11)44(7,8)43(62)50(10)33(25(5)24(3)4)36(56)46-26(6)39(58)49(9)34(27-16-13-12-14-17-27)42(61)63-38(37(57)47-29)48-35(55)32-31(54)18-15-19-45-32/h12-19,23-26,28-30,33-34,38,53-54H,20-22H2,1-11H3,(H,46,56)(H,47,57)(H,48,55)/t25-,26+,28-,29-,30-,33+,34+,38+/m0/s1. The van der Waals surface area contributed by atoms with Crippen LogP contribution >= 0.6 is 0 Å². The second kappa shape index (κ2) is 20.4. The lowest BCUT2D eigenvalue weighted by atomic mass is 9.87. The molecule has 3 heterocycles. The van der Waals surface area contributed by atoms with Crippen LogP contribution in [-0.2, 0) is 38.3 Å². The maximum Gasteiger partial charge on any atom is 0.335 e. The van der Waals surface area contributed by atoms with E-state index >= 15 is 0 Å². The minimum atomic E-state index is -2.21. The zero-order valence-electron chi connectivity index (χ0n) is 37.8. The number of likely N-dealkylation sites (N-methyl/N-ethyl adjacent to an activating group) is 3. The molecule has 344 valence electrons. The van der Waals surface area contributed by atoms with E-state index in [0.717, 1.165) is 14.7 Å². The summed E-state index contributed by atoms with van der Waals surface area (Å²) in [5.41, 5.74) is -1.92. The predicted octanol–water partition coefficient (Wildman–Crippen LogP) is 0.953. The Bertz CT molecular complexity index is 2050. The molecule has 2 saturated heterocycles. The molecule has 19 heteroatoms. The number of nitrogens with one attached hydrogen (secondary N) is 3. The Morgan fingerprint density at radius 3 is 2.11 bits per heavy atom. The minimum absolute atomic E-state index is 0.0173. The summed E-state index contributed by atoms with van der Waals surface area (Å²) in [6.07, 6.45) is -2.37. The number of esters is 1. The molecule has 2 fully saturated rings. The van der Waals surface area contributed by atoms with Gasteiger partial charge in [0.05, 0.1) is 6.10 Å². The predicted molar refractivity (Wildman–Crippen MR) is 228 cm³/mol. The number of aliphatic hydroxyl groups is 1. The first kappa shape index (κ1) is 49.5. The normalized spacial score (nSPS) is 26.5. The number of amides is 7. The van der Waals surface area contributed by atoms with Gasteiger partial charge in [0.15, 0.2) is 11.7 Å². The number of ether oxygens (including phenoxy) is 1. The largest absolute Gasteiger partial charge is 0.505 e. The summed E-state index contributed by atoms with van der Waals surface area (Å²) < 4.78 is 5.74. The van der Waals surface area contributed by atoms with Gasteiger partial charge in [-0.25, -0.2) is 9.78 Å². The minimum Gasteiger partial charge on any atom is -0.505 e. The molecule has 2 aliphatic heterocycles. The summed E-state index contributed by atoms with van der Waals surface area (Å²) in [7, 11) is 4.10. The van der Waals surface area contributed by atoms with Crippen LogP contribution in [0.2, 0.25) is 0 Å². The first-order chi connectivity index (χ1) is 29.4. The number of pyridine rings is 1. The number of nitrogens with zero attached hydrogens (tertiary/aromatic N) is 5. The van der Waals surface area contributed by atoms with Gasteiger partial charge in [-0.3, -0.25) is 33.6 Å². The Hall–Kier alpha value is -6.11. The maximum absolute atomic E-state index is 14.6. The average molecular weight is 879 g/mol. The molecule has 0 unspecified atom stereocenters. The van der Waals surface area contributed by atoms with E-state index in [1.54, 1.807) is 39.0 Å². The highest BCUT2D eigenvalue weighted by molar-refractivity contribution is 6.01. The highest BCUT2D eigenvalue weighted by Crippen LogP contribution is 2.29. The third-order valence-corrected chi connectivity index (χ3v) is 12.0. The van der Waals surface area contributed by atoms with E-state index in [2.05, 4.69) is 20.9 Å². The van der Waals surface area contributed by atoms with Crippen molar-refractivity contribution >= 4 is 47.3 Å². The van der Waals surface area contributed by atoms with E-state index in [0.29, 0.717) is 0 Å². The van der Waals surface area contributed by atoms with E-state index in [9.17, 15) is 48.6 Å². The van der Waals surface area contributed by atoms with Crippen molar-refractivity contribution in [3.63, 3.8) is 0 Å². The van der Waals surface area contributed by atoms with Gasteiger partial charge in [-0.2, -0.15) is 0 Å². The number of carbonyl (C=O) groups is 8. The third-order valence-electron chi connectivity index (χ3n) is 12.0. The zero-order chi connectivity index (χ0) is 47.2. The summed E-state index contributed by atoms with van der Waals surface area (Å²) in [4.78, 5) is 123. The first-order valence-electron chi connectivity index (χ1n) is 21.0. The molecule has 0 bridgehead atoms. The van der Waals surface area contributed by atoms with Crippen LogP contribution in [0.4, 0.5) is 0 Å². The van der Waals surface area contributed by atoms with E-state index in [4.69, 9.17) is 4.74 Å². The van der Waals surface area contributed by atoms with Gasteiger partial charge in [-0.1, -0.05) is 65.0 Å². The molecule has 7 amide bonds. The number of carbonyl (C=O) groups excluding carboxylic acids is 8. The highest BCUT2D eigenvalue weighted by atomic mass is 16.6. The van der Waals surface area contributed by atoms with Crippen LogP contribution < -0.4 is 16.0 Å². The number of aliphatic hydroxyl groups excluding tert-OH is 1. The number of rotatable bonds is 7. The lowest BCUT2D eigenvalue weighted by Gasteiger charge is -2.43. The Kier molecular flexibility index (Phi) is 16.0. The molecule has 0 spiro atoms.